The monoisotopic (exact) mass is 456 g/mol. The number of esters is 1. The Hall–Kier alpha value is -1.56. The predicted molar refractivity (Wildman–Crippen MR) is 115 cm³/mol. The zero-order chi connectivity index (χ0) is 20.8. The van der Waals surface area contributed by atoms with Crippen LogP contribution in [0.4, 0.5) is 0 Å². The van der Waals surface area contributed by atoms with Crippen molar-refractivity contribution in [1.29, 1.82) is 0 Å². The van der Waals surface area contributed by atoms with Crippen molar-refractivity contribution in [2.75, 3.05) is 25.2 Å². The molecule has 0 aliphatic carbocycles. The third-order valence-corrected chi connectivity index (χ3v) is 4.77. The number of benzene rings is 1. The van der Waals surface area contributed by atoms with Gasteiger partial charge in [-0.2, -0.15) is 0 Å². The second-order valence-electron chi connectivity index (χ2n) is 6.58. The smallest absolute Gasteiger partial charge is 0.305 e. The lowest BCUT2D eigenvalue weighted by Crippen LogP contribution is -2.10. The Labute approximate surface area is 177 Å². The molecular formula is C22H33BrO5. The van der Waals surface area contributed by atoms with Crippen molar-refractivity contribution in [2.45, 2.75) is 65.7 Å². The van der Waals surface area contributed by atoms with Crippen molar-refractivity contribution in [1.82, 2.24) is 0 Å². The Morgan fingerprint density at radius 1 is 1.00 bits per heavy atom. The average molecular weight is 457 g/mol. The quantitative estimate of drug-likeness (QED) is 0.151. The summed E-state index contributed by atoms with van der Waals surface area (Å²) in [6, 6.07) is 3.61. The molecule has 0 aromatic heterocycles. The Balaban J connectivity index is 2.86. The summed E-state index contributed by atoms with van der Waals surface area (Å²) in [7, 11) is 0. The lowest BCUT2D eigenvalue weighted by Gasteiger charge is -2.18. The van der Waals surface area contributed by atoms with Crippen LogP contribution in [0.15, 0.2) is 12.1 Å². The molecule has 0 bridgehead atoms. The molecule has 28 heavy (non-hydrogen) atoms. The van der Waals surface area contributed by atoms with Crippen LogP contribution < -0.4 is 9.47 Å². The highest BCUT2D eigenvalue weighted by Gasteiger charge is 2.18. The van der Waals surface area contributed by atoms with E-state index >= 15 is 0 Å². The van der Waals surface area contributed by atoms with Gasteiger partial charge < -0.3 is 14.2 Å². The van der Waals surface area contributed by atoms with Gasteiger partial charge in [0, 0.05) is 17.3 Å². The van der Waals surface area contributed by atoms with Gasteiger partial charge in [-0.15, -0.1) is 0 Å². The van der Waals surface area contributed by atoms with Gasteiger partial charge in [-0.1, -0.05) is 29.3 Å². The molecule has 0 spiro atoms. The van der Waals surface area contributed by atoms with Gasteiger partial charge in [-0.05, 0) is 58.1 Å². The van der Waals surface area contributed by atoms with E-state index in [4.69, 9.17) is 14.2 Å². The Morgan fingerprint density at radius 2 is 1.75 bits per heavy atom. The van der Waals surface area contributed by atoms with Crippen LogP contribution in [-0.2, 0) is 16.0 Å². The van der Waals surface area contributed by atoms with Gasteiger partial charge in [0.05, 0.1) is 25.4 Å². The van der Waals surface area contributed by atoms with Gasteiger partial charge in [-0.3, -0.25) is 9.59 Å². The number of alkyl halides is 1. The number of halogens is 1. The maximum Gasteiger partial charge on any atom is 0.305 e. The van der Waals surface area contributed by atoms with E-state index in [1.54, 1.807) is 19.9 Å². The van der Waals surface area contributed by atoms with Crippen LogP contribution in [0, 0.1) is 0 Å². The number of hydrogen-bond acceptors (Lipinski definition) is 5. The van der Waals surface area contributed by atoms with E-state index in [1.807, 2.05) is 6.07 Å². The highest BCUT2D eigenvalue weighted by Crippen LogP contribution is 2.34. The van der Waals surface area contributed by atoms with Crippen molar-refractivity contribution >= 4 is 27.7 Å². The van der Waals surface area contributed by atoms with Crippen LogP contribution in [0.2, 0.25) is 0 Å². The fourth-order valence-electron chi connectivity index (χ4n) is 2.85. The molecular weight excluding hydrogens is 424 g/mol. The topological polar surface area (TPSA) is 61.8 Å². The number of unbranched alkanes of at least 4 members (excludes halogenated alkanes) is 2. The fourth-order valence-corrected chi connectivity index (χ4v) is 3.25. The van der Waals surface area contributed by atoms with Gasteiger partial charge in [0.15, 0.2) is 5.78 Å². The molecule has 0 unspecified atom stereocenters. The van der Waals surface area contributed by atoms with Gasteiger partial charge in [0.25, 0.3) is 0 Å². The highest BCUT2D eigenvalue weighted by atomic mass is 79.9. The van der Waals surface area contributed by atoms with Crippen LogP contribution in [0.3, 0.4) is 0 Å². The maximum atomic E-state index is 12.1. The predicted octanol–water partition coefficient (Wildman–Crippen LogP) is 5.51. The zero-order valence-electron chi connectivity index (χ0n) is 17.4. The summed E-state index contributed by atoms with van der Waals surface area (Å²) in [6.45, 7) is 6.83. The Kier molecular flexibility index (Phi) is 12.6. The number of carbonyl (C=O) groups is 2. The van der Waals surface area contributed by atoms with Crippen LogP contribution in [0.1, 0.15) is 75.2 Å². The molecule has 158 valence electrons. The van der Waals surface area contributed by atoms with E-state index in [0.717, 1.165) is 48.7 Å². The molecule has 6 heteroatoms. The summed E-state index contributed by atoms with van der Waals surface area (Å²) < 4.78 is 16.9. The second-order valence-corrected chi connectivity index (χ2v) is 7.37. The molecule has 0 aliphatic rings. The molecule has 0 heterocycles. The van der Waals surface area contributed by atoms with Crippen LogP contribution in [0.5, 0.6) is 11.5 Å². The number of Topliss-reactive ketones (excluding diaryl/α,β-unsaturated/α-hetero) is 1. The van der Waals surface area contributed by atoms with Crippen molar-refractivity contribution in [3.8, 4) is 11.5 Å². The first kappa shape index (κ1) is 24.5. The first-order chi connectivity index (χ1) is 13.5. The van der Waals surface area contributed by atoms with Crippen molar-refractivity contribution in [3.05, 3.63) is 23.3 Å². The lowest BCUT2D eigenvalue weighted by molar-refractivity contribution is -0.143. The number of ketones is 1. The molecule has 5 nitrogen and oxygen atoms in total. The minimum atomic E-state index is -0.209. The second kappa shape index (κ2) is 14.4. The summed E-state index contributed by atoms with van der Waals surface area (Å²) in [5.41, 5.74) is 1.54. The van der Waals surface area contributed by atoms with Gasteiger partial charge in [0.1, 0.15) is 11.5 Å². The summed E-state index contributed by atoms with van der Waals surface area (Å²) in [6.07, 6.45) is 5.73. The normalized spacial score (nSPS) is 10.6. The minimum absolute atomic E-state index is 0.0123. The third kappa shape index (κ3) is 8.63. The summed E-state index contributed by atoms with van der Waals surface area (Å²) >= 11 is 3.44. The molecule has 1 rings (SSSR count). The Bertz CT molecular complexity index is 615. The molecule has 1 aromatic carbocycles. The van der Waals surface area contributed by atoms with E-state index in [-0.39, 0.29) is 11.8 Å². The van der Waals surface area contributed by atoms with Crippen LogP contribution in [-0.4, -0.2) is 36.9 Å². The number of hydrogen-bond donors (Lipinski definition) is 0. The lowest BCUT2D eigenvalue weighted by atomic mass is 10.0. The number of ether oxygens (including phenoxy) is 3. The van der Waals surface area contributed by atoms with Crippen molar-refractivity contribution < 1.29 is 23.8 Å². The number of carbonyl (C=O) groups excluding carboxylic acids is 2. The molecule has 0 saturated carbocycles. The maximum absolute atomic E-state index is 12.1. The molecule has 0 aliphatic heterocycles. The van der Waals surface area contributed by atoms with E-state index < -0.39 is 0 Å². The summed E-state index contributed by atoms with van der Waals surface area (Å²) in [5.74, 6) is 1.16. The van der Waals surface area contributed by atoms with E-state index in [9.17, 15) is 9.59 Å². The molecule has 0 radical (unpaired) electrons. The van der Waals surface area contributed by atoms with Gasteiger partial charge in [-0.25, -0.2) is 0 Å². The highest BCUT2D eigenvalue weighted by molar-refractivity contribution is 9.09. The molecule has 0 atom stereocenters. The Morgan fingerprint density at radius 3 is 2.39 bits per heavy atom. The molecule has 0 amide bonds. The standard InChI is InChI=1S/C22H33BrO5/c1-4-10-19-20(27-16-9-11-21(25)26-5-2)13-12-18(17(3)24)22(19)28-15-8-6-7-14-23/h12-13H,4-11,14-16H2,1-3H3. The molecule has 0 N–H and O–H groups in total. The largest absolute Gasteiger partial charge is 0.493 e. The van der Waals surface area contributed by atoms with Crippen LogP contribution in [0.25, 0.3) is 0 Å². The first-order valence-electron chi connectivity index (χ1n) is 10.2. The fraction of sp³-hybridized carbons (Fsp3) is 0.636. The van der Waals surface area contributed by atoms with E-state index in [2.05, 4.69) is 22.9 Å². The van der Waals surface area contributed by atoms with Crippen molar-refractivity contribution in [2.24, 2.45) is 0 Å². The van der Waals surface area contributed by atoms with E-state index in [1.165, 1.54) is 0 Å². The number of rotatable bonds is 15. The first-order valence-corrected chi connectivity index (χ1v) is 11.3. The summed E-state index contributed by atoms with van der Waals surface area (Å²) in [4.78, 5) is 23.5. The van der Waals surface area contributed by atoms with E-state index in [0.29, 0.717) is 44.0 Å². The summed E-state index contributed by atoms with van der Waals surface area (Å²) in [5, 5.41) is 0.988. The molecule has 0 fully saturated rings. The van der Waals surface area contributed by atoms with Crippen LogP contribution >= 0.6 is 15.9 Å². The van der Waals surface area contributed by atoms with Gasteiger partial charge >= 0.3 is 5.97 Å². The molecule has 0 saturated heterocycles. The minimum Gasteiger partial charge on any atom is -0.493 e. The third-order valence-electron chi connectivity index (χ3n) is 4.21. The molecule has 1 aromatic rings. The van der Waals surface area contributed by atoms with Crippen molar-refractivity contribution in [3.63, 3.8) is 0 Å². The average Bonchev–Trinajstić information content (AvgIpc) is 2.66. The van der Waals surface area contributed by atoms with Gasteiger partial charge in [0.2, 0.25) is 0 Å². The SMILES string of the molecule is CCCc1c(OCCCC(=O)OCC)ccc(C(C)=O)c1OCCCCCBr. The zero-order valence-corrected chi connectivity index (χ0v) is 18.9.